The Morgan fingerprint density at radius 2 is 2.07 bits per heavy atom. The third-order valence-electron chi connectivity index (χ3n) is 5.93. The molecule has 1 saturated carbocycles. The largest absolute Gasteiger partial charge is 0.367 e. The molecule has 0 bridgehead atoms. The van der Waals surface area contributed by atoms with Crippen molar-refractivity contribution in [2.45, 2.75) is 64.1 Å². The maximum Gasteiger partial charge on any atom is 0.262 e. The summed E-state index contributed by atoms with van der Waals surface area (Å²) in [5, 5.41) is 6.91. The van der Waals surface area contributed by atoms with E-state index in [9.17, 15) is 14.4 Å². The van der Waals surface area contributed by atoms with E-state index in [0.29, 0.717) is 17.7 Å². The van der Waals surface area contributed by atoms with Crippen molar-refractivity contribution in [3.8, 4) is 0 Å². The van der Waals surface area contributed by atoms with Crippen LogP contribution >= 0.6 is 11.3 Å². The quantitative estimate of drug-likeness (QED) is 0.764. The van der Waals surface area contributed by atoms with Gasteiger partial charge in [-0.25, -0.2) is 0 Å². The predicted octanol–water partition coefficient (Wildman–Crippen LogP) is 3.44. The van der Waals surface area contributed by atoms with E-state index in [-0.39, 0.29) is 35.7 Å². The van der Waals surface area contributed by atoms with Crippen molar-refractivity contribution >= 4 is 39.0 Å². The zero-order chi connectivity index (χ0) is 21.5. The summed E-state index contributed by atoms with van der Waals surface area (Å²) in [5.41, 5.74) is -1.12. The molecule has 2 N–H and O–H groups in total. The molecule has 7 heteroatoms. The molecule has 0 radical (unpaired) electrons. The molecule has 1 aromatic carbocycles. The van der Waals surface area contributed by atoms with E-state index in [4.69, 9.17) is 4.74 Å². The fourth-order valence-electron chi connectivity index (χ4n) is 4.49. The lowest BCUT2D eigenvalue weighted by atomic mass is 9.86. The molecular weight excluding hydrogens is 400 g/mol. The SMILES string of the molecule is CC(C)(C)CC(NC(=O)c1cc2ccccc2s1)C(=O)NC12CCCC1OCC2=O. The zero-order valence-electron chi connectivity index (χ0n) is 17.6. The van der Waals surface area contributed by atoms with Gasteiger partial charge in [0.05, 0.1) is 11.0 Å². The van der Waals surface area contributed by atoms with Gasteiger partial charge < -0.3 is 15.4 Å². The summed E-state index contributed by atoms with van der Waals surface area (Å²) >= 11 is 1.41. The predicted molar refractivity (Wildman–Crippen MR) is 117 cm³/mol. The Balaban J connectivity index is 1.54. The number of Topliss-reactive ketones (excluding diaryl/α,β-unsaturated/α-hetero) is 1. The van der Waals surface area contributed by atoms with Crippen molar-refractivity contribution in [2.75, 3.05) is 6.61 Å². The number of ether oxygens (including phenoxy) is 1. The first kappa shape index (κ1) is 21.0. The fraction of sp³-hybridized carbons (Fsp3) is 0.522. The lowest BCUT2D eigenvalue weighted by molar-refractivity contribution is -0.131. The Morgan fingerprint density at radius 1 is 1.30 bits per heavy atom. The van der Waals surface area contributed by atoms with Gasteiger partial charge in [0.1, 0.15) is 18.2 Å². The van der Waals surface area contributed by atoms with Crippen molar-refractivity contribution < 1.29 is 19.1 Å². The molecule has 2 amide bonds. The van der Waals surface area contributed by atoms with E-state index in [1.807, 2.05) is 51.1 Å². The Labute approximate surface area is 180 Å². The van der Waals surface area contributed by atoms with Crippen LogP contribution in [0.15, 0.2) is 30.3 Å². The lowest BCUT2D eigenvalue weighted by Gasteiger charge is -2.32. The normalized spacial score (nSPS) is 24.6. The molecule has 1 aliphatic carbocycles. The Hall–Kier alpha value is -2.25. The van der Waals surface area contributed by atoms with Gasteiger partial charge in [0.2, 0.25) is 5.91 Å². The second-order valence-corrected chi connectivity index (χ2v) is 10.6. The second-order valence-electron chi connectivity index (χ2n) is 9.51. The molecular formula is C23H28N2O4S. The number of benzene rings is 1. The van der Waals surface area contributed by atoms with Gasteiger partial charge in [0.15, 0.2) is 5.78 Å². The average molecular weight is 429 g/mol. The highest BCUT2D eigenvalue weighted by Crippen LogP contribution is 2.38. The van der Waals surface area contributed by atoms with Crippen LogP contribution in [0, 0.1) is 5.41 Å². The Morgan fingerprint density at radius 3 is 2.80 bits per heavy atom. The molecule has 2 heterocycles. The van der Waals surface area contributed by atoms with Crippen molar-refractivity contribution in [3.63, 3.8) is 0 Å². The molecule has 2 aliphatic rings. The monoisotopic (exact) mass is 428 g/mol. The average Bonchev–Trinajstić information content (AvgIpc) is 3.35. The summed E-state index contributed by atoms with van der Waals surface area (Å²) in [4.78, 5) is 39.3. The third-order valence-corrected chi connectivity index (χ3v) is 7.05. The smallest absolute Gasteiger partial charge is 0.262 e. The summed E-state index contributed by atoms with van der Waals surface area (Å²) in [6.45, 7) is 6.13. The van der Waals surface area contributed by atoms with Crippen LogP contribution in [0.25, 0.3) is 10.1 Å². The molecule has 3 unspecified atom stereocenters. The van der Waals surface area contributed by atoms with Gasteiger partial charge >= 0.3 is 0 Å². The van der Waals surface area contributed by atoms with Crippen LogP contribution in [0.4, 0.5) is 0 Å². The number of carbonyl (C=O) groups is 3. The fourth-order valence-corrected chi connectivity index (χ4v) is 5.45. The molecule has 3 atom stereocenters. The number of fused-ring (bicyclic) bond motifs is 2. The zero-order valence-corrected chi connectivity index (χ0v) is 18.4. The van der Waals surface area contributed by atoms with E-state index in [0.717, 1.165) is 22.9 Å². The maximum absolute atomic E-state index is 13.3. The van der Waals surface area contributed by atoms with Crippen LogP contribution in [0.2, 0.25) is 0 Å². The van der Waals surface area contributed by atoms with Crippen molar-refractivity contribution in [1.29, 1.82) is 0 Å². The summed E-state index contributed by atoms with van der Waals surface area (Å²) in [7, 11) is 0. The maximum atomic E-state index is 13.3. The van der Waals surface area contributed by atoms with Crippen molar-refractivity contribution in [3.05, 3.63) is 35.2 Å². The first-order valence-corrected chi connectivity index (χ1v) is 11.3. The van der Waals surface area contributed by atoms with Gasteiger partial charge in [0, 0.05) is 4.70 Å². The van der Waals surface area contributed by atoms with Crippen LogP contribution in [-0.2, 0) is 14.3 Å². The molecule has 2 aromatic rings. The number of hydrogen-bond acceptors (Lipinski definition) is 5. The van der Waals surface area contributed by atoms with E-state index < -0.39 is 11.6 Å². The van der Waals surface area contributed by atoms with Gasteiger partial charge in [-0.1, -0.05) is 39.0 Å². The van der Waals surface area contributed by atoms with E-state index >= 15 is 0 Å². The minimum absolute atomic E-state index is 0.0447. The standard InChI is InChI=1S/C23H28N2O4S/c1-22(2,3)12-15(20(27)25-23-10-6-9-19(23)29-13-18(23)26)24-21(28)17-11-14-7-4-5-8-16(14)30-17/h4-5,7-8,11,15,19H,6,9-10,12-13H2,1-3H3,(H,24,28)(H,25,27). The summed E-state index contributed by atoms with van der Waals surface area (Å²) in [6.07, 6.45) is 2.40. The third kappa shape index (κ3) is 4.01. The number of hydrogen-bond donors (Lipinski definition) is 2. The summed E-state index contributed by atoms with van der Waals surface area (Å²) < 4.78 is 6.64. The molecule has 1 aliphatic heterocycles. The number of thiophene rings is 1. The molecule has 1 saturated heterocycles. The minimum atomic E-state index is -0.935. The van der Waals surface area contributed by atoms with E-state index in [1.165, 1.54) is 11.3 Å². The number of carbonyl (C=O) groups excluding carboxylic acids is 3. The lowest BCUT2D eigenvalue weighted by Crippen LogP contribution is -2.60. The van der Waals surface area contributed by atoms with Crippen LogP contribution in [-0.4, -0.2) is 41.9 Å². The number of rotatable bonds is 5. The number of ketones is 1. The number of amides is 2. The Kier molecular flexibility index (Phi) is 5.45. The van der Waals surface area contributed by atoms with Crippen LogP contribution < -0.4 is 10.6 Å². The van der Waals surface area contributed by atoms with Crippen LogP contribution in [0.3, 0.4) is 0 Å². The molecule has 1 aromatic heterocycles. The summed E-state index contributed by atoms with van der Waals surface area (Å²) in [5.74, 6) is -0.649. The minimum Gasteiger partial charge on any atom is -0.367 e. The summed E-state index contributed by atoms with van der Waals surface area (Å²) in [6, 6.07) is 8.93. The molecule has 4 rings (SSSR count). The van der Waals surface area contributed by atoms with Crippen molar-refractivity contribution in [2.24, 2.45) is 5.41 Å². The van der Waals surface area contributed by atoms with Crippen molar-refractivity contribution in [1.82, 2.24) is 10.6 Å². The second kappa shape index (κ2) is 7.78. The van der Waals surface area contributed by atoms with Gasteiger partial charge in [-0.05, 0) is 48.6 Å². The molecule has 30 heavy (non-hydrogen) atoms. The Bertz CT molecular complexity index is 959. The van der Waals surface area contributed by atoms with E-state index in [2.05, 4.69) is 10.6 Å². The molecule has 6 nitrogen and oxygen atoms in total. The highest BCUT2D eigenvalue weighted by Gasteiger charge is 2.55. The van der Waals surface area contributed by atoms with Gasteiger partial charge in [-0.3, -0.25) is 14.4 Å². The van der Waals surface area contributed by atoms with Crippen LogP contribution in [0.5, 0.6) is 0 Å². The van der Waals surface area contributed by atoms with E-state index in [1.54, 1.807) is 0 Å². The van der Waals surface area contributed by atoms with Crippen LogP contribution in [0.1, 0.15) is 56.1 Å². The van der Waals surface area contributed by atoms with Gasteiger partial charge in [0.25, 0.3) is 5.91 Å². The highest BCUT2D eigenvalue weighted by atomic mass is 32.1. The number of nitrogens with one attached hydrogen (secondary N) is 2. The van der Waals surface area contributed by atoms with Gasteiger partial charge in [-0.2, -0.15) is 0 Å². The molecule has 2 fully saturated rings. The highest BCUT2D eigenvalue weighted by molar-refractivity contribution is 7.20. The topological polar surface area (TPSA) is 84.5 Å². The first-order valence-electron chi connectivity index (χ1n) is 10.4. The van der Waals surface area contributed by atoms with Gasteiger partial charge in [-0.15, -0.1) is 11.3 Å². The molecule has 160 valence electrons. The molecule has 0 spiro atoms. The first-order chi connectivity index (χ1) is 14.2.